The number of aryl methyl sites for hydroxylation is 1. The van der Waals surface area contributed by atoms with Crippen LogP contribution < -0.4 is 15.0 Å². The van der Waals surface area contributed by atoms with E-state index in [1.165, 1.54) is 17.0 Å². The summed E-state index contributed by atoms with van der Waals surface area (Å²) in [6.07, 6.45) is -0.988. The molecule has 42 heavy (non-hydrogen) atoms. The van der Waals surface area contributed by atoms with Crippen LogP contribution in [0.1, 0.15) is 16.7 Å². The van der Waals surface area contributed by atoms with E-state index in [1.807, 2.05) is 37.3 Å². The van der Waals surface area contributed by atoms with Crippen molar-refractivity contribution in [1.82, 2.24) is 9.62 Å². The SMILES string of the molecule is Cc1ccc(S(=O)(=O)N(CC(=O)N2C[C@H](C(=O)NCc3ccccc3)Oc3ccccc32)Cc2ccccc2Cl)cc1. The predicted octanol–water partition coefficient (Wildman–Crippen LogP) is 4.95. The molecule has 0 saturated heterocycles. The second-order valence-corrected chi connectivity index (χ2v) is 12.3. The lowest BCUT2D eigenvalue weighted by Crippen LogP contribution is -2.52. The summed E-state index contributed by atoms with van der Waals surface area (Å²) in [7, 11) is -4.10. The van der Waals surface area contributed by atoms with Gasteiger partial charge in [-0.25, -0.2) is 8.42 Å². The molecular formula is C32H30ClN3O5S. The van der Waals surface area contributed by atoms with E-state index in [0.29, 0.717) is 28.6 Å². The summed E-state index contributed by atoms with van der Waals surface area (Å²) in [6.45, 7) is 1.49. The fraction of sp³-hybridized carbons (Fsp3) is 0.188. The number of para-hydroxylation sites is 2. The molecule has 1 N–H and O–H groups in total. The minimum absolute atomic E-state index is 0.0634. The zero-order valence-electron chi connectivity index (χ0n) is 22.9. The first kappa shape index (κ1) is 29.3. The Morgan fingerprint density at radius 2 is 1.60 bits per heavy atom. The molecule has 1 heterocycles. The van der Waals surface area contributed by atoms with Gasteiger partial charge in [-0.3, -0.25) is 9.59 Å². The van der Waals surface area contributed by atoms with Crippen LogP contribution in [0.3, 0.4) is 0 Å². The highest BCUT2D eigenvalue weighted by Crippen LogP contribution is 2.34. The molecule has 1 aliphatic rings. The minimum atomic E-state index is -4.10. The summed E-state index contributed by atoms with van der Waals surface area (Å²) in [5, 5.41) is 3.26. The average molecular weight is 604 g/mol. The summed E-state index contributed by atoms with van der Waals surface area (Å²) in [6, 6.07) is 29.7. The number of carbonyl (C=O) groups is 2. The fourth-order valence-corrected chi connectivity index (χ4v) is 6.21. The van der Waals surface area contributed by atoms with E-state index >= 15 is 0 Å². The molecule has 1 aliphatic heterocycles. The summed E-state index contributed by atoms with van der Waals surface area (Å²) in [5.74, 6) is -0.531. The van der Waals surface area contributed by atoms with Crippen molar-refractivity contribution < 1.29 is 22.7 Å². The first-order chi connectivity index (χ1) is 20.2. The number of amides is 2. The van der Waals surface area contributed by atoms with E-state index in [2.05, 4.69) is 5.32 Å². The molecule has 1 atom stereocenters. The van der Waals surface area contributed by atoms with Gasteiger partial charge in [0.1, 0.15) is 5.75 Å². The Kier molecular flexibility index (Phi) is 8.91. The third-order valence-corrected chi connectivity index (χ3v) is 9.13. The zero-order valence-corrected chi connectivity index (χ0v) is 24.5. The second kappa shape index (κ2) is 12.8. The standard InChI is InChI=1S/C32H30ClN3O5S/c1-23-15-17-26(18-16-23)42(39,40)35(20-25-11-5-6-12-27(25)33)22-31(37)36-21-30(41-29-14-8-7-13-28(29)36)32(38)34-19-24-9-3-2-4-10-24/h2-18,30H,19-22H2,1H3,(H,34,38)/t30-/m1/s1. The molecule has 0 unspecified atom stereocenters. The van der Waals surface area contributed by atoms with Gasteiger partial charge in [0.05, 0.1) is 23.7 Å². The molecule has 0 aromatic heterocycles. The van der Waals surface area contributed by atoms with Crippen LogP contribution in [0.2, 0.25) is 5.02 Å². The molecule has 0 bridgehead atoms. The van der Waals surface area contributed by atoms with Crippen molar-refractivity contribution in [2.45, 2.75) is 31.0 Å². The number of hydrogen-bond acceptors (Lipinski definition) is 5. The van der Waals surface area contributed by atoms with Crippen molar-refractivity contribution in [3.05, 3.63) is 125 Å². The molecule has 4 aromatic rings. The molecule has 5 rings (SSSR count). The molecule has 8 nitrogen and oxygen atoms in total. The Morgan fingerprint density at radius 3 is 2.33 bits per heavy atom. The molecule has 0 radical (unpaired) electrons. The van der Waals surface area contributed by atoms with Gasteiger partial charge in [-0.15, -0.1) is 0 Å². The monoisotopic (exact) mass is 603 g/mol. The number of anilines is 1. The van der Waals surface area contributed by atoms with Gasteiger partial charge in [-0.2, -0.15) is 4.31 Å². The Balaban J connectivity index is 1.41. The number of halogens is 1. The Labute approximate surface area is 250 Å². The van der Waals surface area contributed by atoms with E-state index in [9.17, 15) is 18.0 Å². The van der Waals surface area contributed by atoms with Gasteiger partial charge in [0.2, 0.25) is 15.9 Å². The quantitative estimate of drug-likeness (QED) is 0.292. The van der Waals surface area contributed by atoms with Crippen molar-refractivity contribution >= 4 is 39.1 Å². The third kappa shape index (κ3) is 6.65. The smallest absolute Gasteiger partial charge is 0.263 e. The zero-order chi connectivity index (χ0) is 29.7. The number of carbonyl (C=O) groups excluding carboxylic acids is 2. The van der Waals surface area contributed by atoms with E-state index in [4.69, 9.17) is 16.3 Å². The highest BCUT2D eigenvalue weighted by molar-refractivity contribution is 7.89. The Bertz CT molecular complexity index is 1680. The molecule has 10 heteroatoms. The number of sulfonamides is 1. The van der Waals surface area contributed by atoms with Crippen LogP contribution in [-0.4, -0.2) is 43.7 Å². The van der Waals surface area contributed by atoms with E-state index in [-0.39, 0.29) is 23.9 Å². The van der Waals surface area contributed by atoms with Crippen LogP contribution in [-0.2, 0) is 32.7 Å². The number of hydrogen-bond donors (Lipinski definition) is 1. The molecule has 0 spiro atoms. The Morgan fingerprint density at radius 1 is 0.929 bits per heavy atom. The maximum absolute atomic E-state index is 13.9. The summed E-state index contributed by atoms with van der Waals surface area (Å²) in [4.78, 5) is 28.5. The largest absolute Gasteiger partial charge is 0.477 e. The molecule has 216 valence electrons. The van der Waals surface area contributed by atoms with Crippen molar-refractivity contribution in [3.8, 4) is 5.75 Å². The average Bonchev–Trinajstić information content (AvgIpc) is 3.00. The van der Waals surface area contributed by atoms with Gasteiger partial charge in [0.25, 0.3) is 5.91 Å². The molecule has 0 aliphatic carbocycles. The van der Waals surface area contributed by atoms with Gasteiger partial charge in [-0.1, -0.05) is 90.0 Å². The lowest BCUT2D eigenvalue weighted by atomic mass is 10.1. The van der Waals surface area contributed by atoms with Crippen LogP contribution in [0, 0.1) is 6.92 Å². The molecular weight excluding hydrogens is 574 g/mol. The predicted molar refractivity (Wildman–Crippen MR) is 162 cm³/mol. The number of nitrogens with one attached hydrogen (secondary N) is 1. The van der Waals surface area contributed by atoms with Crippen molar-refractivity contribution in [3.63, 3.8) is 0 Å². The lowest BCUT2D eigenvalue weighted by Gasteiger charge is -2.35. The molecule has 0 fully saturated rings. The number of nitrogens with zero attached hydrogens (tertiary/aromatic N) is 2. The van der Waals surface area contributed by atoms with Gasteiger partial charge in [-0.05, 0) is 48.4 Å². The van der Waals surface area contributed by atoms with Crippen LogP contribution in [0.5, 0.6) is 5.75 Å². The normalized spacial score (nSPS) is 14.6. The lowest BCUT2D eigenvalue weighted by molar-refractivity contribution is -0.128. The number of ether oxygens (including phenoxy) is 1. The summed E-state index contributed by atoms with van der Waals surface area (Å²) in [5.41, 5.74) is 2.85. The van der Waals surface area contributed by atoms with Gasteiger partial charge in [0, 0.05) is 18.1 Å². The van der Waals surface area contributed by atoms with Crippen LogP contribution in [0.15, 0.2) is 108 Å². The highest BCUT2D eigenvalue weighted by Gasteiger charge is 2.36. The van der Waals surface area contributed by atoms with E-state index in [1.54, 1.807) is 60.7 Å². The molecule has 0 saturated carbocycles. The first-order valence-electron chi connectivity index (χ1n) is 13.4. The summed E-state index contributed by atoms with van der Waals surface area (Å²) < 4.78 is 34.8. The molecule has 2 amide bonds. The maximum Gasteiger partial charge on any atom is 0.263 e. The fourth-order valence-electron chi connectivity index (χ4n) is 4.64. The number of benzene rings is 4. The topological polar surface area (TPSA) is 96.0 Å². The van der Waals surface area contributed by atoms with E-state index < -0.39 is 28.6 Å². The minimum Gasteiger partial charge on any atom is -0.477 e. The van der Waals surface area contributed by atoms with Gasteiger partial charge in [0.15, 0.2) is 6.10 Å². The third-order valence-electron chi connectivity index (χ3n) is 6.95. The first-order valence-corrected chi connectivity index (χ1v) is 15.2. The maximum atomic E-state index is 13.9. The Hall–Kier alpha value is -4.18. The number of rotatable bonds is 9. The van der Waals surface area contributed by atoms with Gasteiger partial charge < -0.3 is 15.0 Å². The summed E-state index contributed by atoms with van der Waals surface area (Å²) >= 11 is 6.39. The van der Waals surface area contributed by atoms with Crippen LogP contribution in [0.25, 0.3) is 0 Å². The van der Waals surface area contributed by atoms with Crippen molar-refractivity contribution in [2.24, 2.45) is 0 Å². The van der Waals surface area contributed by atoms with Crippen LogP contribution >= 0.6 is 11.6 Å². The molecule has 4 aromatic carbocycles. The van der Waals surface area contributed by atoms with E-state index in [0.717, 1.165) is 15.4 Å². The number of fused-ring (bicyclic) bond motifs is 1. The van der Waals surface area contributed by atoms with Gasteiger partial charge >= 0.3 is 0 Å². The van der Waals surface area contributed by atoms with Crippen molar-refractivity contribution in [2.75, 3.05) is 18.0 Å². The second-order valence-electron chi connectivity index (χ2n) is 9.96. The van der Waals surface area contributed by atoms with Crippen molar-refractivity contribution in [1.29, 1.82) is 0 Å². The van der Waals surface area contributed by atoms with Crippen LogP contribution in [0.4, 0.5) is 5.69 Å². The highest BCUT2D eigenvalue weighted by atomic mass is 35.5.